The Kier molecular flexibility index (Phi) is 3.36. The highest BCUT2D eigenvalue weighted by atomic mass is 32.1. The third-order valence-electron chi connectivity index (χ3n) is 2.44. The van der Waals surface area contributed by atoms with E-state index in [1.807, 2.05) is 23.1 Å². The number of aromatic nitrogens is 3. The summed E-state index contributed by atoms with van der Waals surface area (Å²) in [5.41, 5.74) is 0.956. The second kappa shape index (κ2) is 4.76. The van der Waals surface area contributed by atoms with Crippen LogP contribution >= 0.6 is 11.3 Å². The van der Waals surface area contributed by atoms with Crippen LogP contribution in [0.2, 0.25) is 0 Å². The highest BCUT2D eigenvalue weighted by Crippen LogP contribution is 2.21. The molecule has 0 aliphatic heterocycles. The molecule has 86 valence electrons. The highest BCUT2D eigenvalue weighted by Gasteiger charge is 2.14. The number of rotatable bonds is 4. The Labute approximate surface area is 98.6 Å². The van der Waals surface area contributed by atoms with Crippen molar-refractivity contribution < 1.29 is 5.11 Å². The van der Waals surface area contributed by atoms with Crippen molar-refractivity contribution >= 4 is 11.3 Å². The summed E-state index contributed by atoms with van der Waals surface area (Å²) in [6.45, 7) is 4.86. The van der Waals surface area contributed by atoms with Gasteiger partial charge in [-0.15, -0.1) is 11.3 Å². The van der Waals surface area contributed by atoms with Gasteiger partial charge in [0, 0.05) is 36.4 Å². The zero-order valence-electron chi connectivity index (χ0n) is 9.42. The van der Waals surface area contributed by atoms with Crippen molar-refractivity contribution in [1.29, 1.82) is 0 Å². The van der Waals surface area contributed by atoms with E-state index in [9.17, 15) is 5.11 Å². The molecule has 0 aliphatic carbocycles. The third-order valence-corrected chi connectivity index (χ3v) is 3.50. The third kappa shape index (κ3) is 2.31. The van der Waals surface area contributed by atoms with Crippen molar-refractivity contribution in [3.8, 4) is 0 Å². The van der Waals surface area contributed by atoms with Crippen LogP contribution in [0.4, 0.5) is 0 Å². The van der Waals surface area contributed by atoms with Crippen molar-refractivity contribution in [2.24, 2.45) is 0 Å². The van der Waals surface area contributed by atoms with Gasteiger partial charge in [0.25, 0.3) is 0 Å². The van der Waals surface area contributed by atoms with Crippen LogP contribution in [0.15, 0.2) is 17.8 Å². The molecule has 0 saturated carbocycles. The van der Waals surface area contributed by atoms with Gasteiger partial charge in [0.15, 0.2) is 0 Å². The molecule has 0 aromatic carbocycles. The van der Waals surface area contributed by atoms with Crippen LogP contribution in [0.3, 0.4) is 0 Å². The van der Waals surface area contributed by atoms with Crippen LogP contribution < -0.4 is 0 Å². The molecule has 1 atom stereocenters. The Hall–Kier alpha value is -1.20. The predicted octanol–water partition coefficient (Wildman–Crippen LogP) is 1.94. The van der Waals surface area contributed by atoms with Gasteiger partial charge in [-0.2, -0.15) is 0 Å². The fraction of sp³-hybridized carbons (Fsp3) is 0.455. The van der Waals surface area contributed by atoms with Gasteiger partial charge in [-0.3, -0.25) is 0 Å². The lowest BCUT2D eigenvalue weighted by molar-refractivity contribution is 0.174. The van der Waals surface area contributed by atoms with E-state index in [1.54, 1.807) is 6.20 Å². The molecule has 2 aromatic heterocycles. The Balaban J connectivity index is 2.10. The molecular formula is C11H15N3OS. The van der Waals surface area contributed by atoms with E-state index in [0.29, 0.717) is 6.42 Å². The van der Waals surface area contributed by atoms with Gasteiger partial charge in [-0.1, -0.05) is 0 Å². The molecule has 0 radical (unpaired) electrons. The van der Waals surface area contributed by atoms with Crippen molar-refractivity contribution in [1.82, 2.24) is 14.5 Å². The molecule has 0 amide bonds. The maximum Gasteiger partial charge on any atom is 0.122 e. The summed E-state index contributed by atoms with van der Waals surface area (Å²) in [4.78, 5) is 8.52. The Morgan fingerprint density at radius 3 is 3.00 bits per heavy atom. The first kappa shape index (κ1) is 11.3. The van der Waals surface area contributed by atoms with Crippen LogP contribution in [0.1, 0.15) is 29.6 Å². The highest BCUT2D eigenvalue weighted by molar-refractivity contribution is 7.09. The maximum absolute atomic E-state index is 10.0. The standard InChI is InChI=1S/C11H15N3OS/c1-3-14-5-4-12-10(14)6-9(15)11-13-8(2)7-16-11/h4-5,7,9,15H,3,6H2,1-2H3. The number of thiazole rings is 1. The van der Waals surface area contributed by atoms with Crippen LogP contribution in [0.5, 0.6) is 0 Å². The summed E-state index contributed by atoms with van der Waals surface area (Å²) in [5.74, 6) is 0.905. The van der Waals surface area contributed by atoms with E-state index in [-0.39, 0.29) is 0 Å². The zero-order valence-corrected chi connectivity index (χ0v) is 10.2. The molecular weight excluding hydrogens is 222 g/mol. The molecule has 0 bridgehead atoms. The summed E-state index contributed by atoms with van der Waals surface area (Å²) < 4.78 is 2.03. The summed E-state index contributed by atoms with van der Waals surface area (Å²) in [5, 5.41) is 12.7. The minimum Gasteiger partial charge on any atom is -0.385 e. The Morgan fingerprint density at radius 2 is 2.38 bits per heavy atom. The monoisotopic (exact) mass is 237 g/mol. The molecule has 0 saturated heterocycles. The number of aliphatic hydroxyl groups is 1. The molecule has 5 heteroatoms. The molecule has 1 N–H and O–H groups in total. The van der Waals surface area contributed by atoms with E-state index >= 15 is 0 Å². The van der Waals surface area contributed by atoms with Crippen LogP contribution in [0, 0.1) is 6.92 Å². The van der Waals surface area contributed by atoms with Crippen molar-refractivity contribution in [3.63, 3.8) is 0 Å². The SMILES string of the molecule is CCn1ccnc1CC(O)c1nc(C)cs1. The van der Waals surface area contributed by atoms with E-state index in [1.165, 1.54) is 11.3 Å². The van der Waals surface area contributed by atoms with E-state index < -0.39 is 6.10 Å². The number of aliphatic hydroxyl groups excluding tert-OH is 1. The van der Waals surface area contributed by atoms with Crippen LogP contribution in [-0.2, 0) is 13.0 Å². The van der Waals surface area contributed by atoms with Crippen LogP contribution in [0.25, 0.3) is 0 Å². The van der Waals surface area contributed by atoms with Crippen molar-refractivity contribution in [2.75, 3.05) is 0 Å². The molecule has 0 aliphatic rings. The molecule has 4 nitrogen and oxygen atoms in total. The van der Waals surface area contributed by atoms with Gasteiger partial charge in [0.2, 0.25) is 0 Å². The average molecular weight is 237 g/mol. The second-order valence-electron chi connectivity index (χ2n) is 3.68. The average Bonchev–Trinajstić information content (AvgIpc) is 2.86. The molecule has 16 heavy (non-hydrogen) atoms. The predicted molar refractivity (Wildman–Crippen MR) is 63.4 cm³/mol. The fourth-order valence-electron chi connectivity index (χ4n) is 1.60. The molecule has 2 heterocycles. The number of hydrogen-bond donors (Lipinski definition) is 1. The number of nitrogens with zero attached hydrogens (tertiary/aromatic N) is 3. The second-order valence-corrected chi connectivity index (χ2v) is 4.57. The first-order chi connectivity index (χ1) is 7.70. The molecule has 2 aromatic rings. The summed E-state index contributed by atoms with van der Waals surface area (Å²) >= 11 is 1.49. The first-order valence-electron chi connectivity index (χ1n) is 5.30. The zero-order chi connectivity index (χ0) is 11.5. The lowest BCUT2D eigenvalue weighted by Crippen LogP contribution is -2.08. The molecule has 1 unspecified atom stereocenters. The van der Waals surface area contributed by atoms with Crippen molar-refractivity contribution in [3.05, 3.63) is 34.3 Å². The van der Waals surface area contributed by atoms with E-state index in [4.69, 9.17) is 0 Å². The number of imidazole rings is 1. The summed E-state index contributed by atoms with van der Waals surface area (Å²) in [6.07, 6.45) is 3.66. The maximum atomic E-state index is 10.0. The van der Waals surface area contributed by atoms with Gasteiger partial charge >= 0.3 is 0 Å². The van der Waals surface area contributed by atoms with Gasteiger partial charge < -0.3 is 9.67 Å². The van der Waals surface area contributed by atoms with Crippen molar-refractivity contribution in [2.45, 2.75) is 32.9 Å². The topological polar surface area (TPSA) is 50.9 Å². The molecule has 0 fully saturated rings. The Morgan fingerprint density at radius 1 is 1.56 bits per heavy atom. The summed E-state index contributed by atoms with van der Waals surface area (Å²) in [7, 11) is 0. The largest absolute Gasteiger partial charge is 0.385 e. The molecule has 2 rings (SSSR count). The smallest absolute Gasteiger partial charge is 0.122 e. The minimum atomic E-state index is -0.550. The van der Waals surface area contributed by atoms with E-state index in [2.05, 4.69) is 16.9 Å². The quantitative estimate of drug-likeness (QED) is 0.884. The number of aryl methyl sites for hydroxylation is 2. The Bertz CT molecular complexity index is 463. The molecule has 0 spiro atoms. The number of hydrogen-bond acceptors (Lipinski definition) is 4. The van der Waals surface area contributed by atoms with Gasteiger partial charge in [0.05, 0.1) is 0 Å². The summed E-state index contributed by atoms with van der Waals surface area (Å²) in [6, 6.07) is 0. The minimum absolute atomic E-state index is 0.522. The fourth-order valence-corrected chi connectivity index (χ4v) is 2.38. The lowest BCUT2D eigenvalue weighted by atomic mass is 10.2. The van der Waals surface area contributed by atoms with E-state index in [0.717, 1.165) is 23.1 Å². The van der Waals surface area contributed by atoms with Gasteiger partial charge in [-0.05, 0) is 13.8 Å². The normalized spacial score (nSPS) is 12.9. The first-order valence-corrected chi connectivity index (χ1v) is 6.18. The lowest BCUT2D eigenvalue weighted by Gasteiger charge is -2.08. The van der Waals surface area contributed by atoms with Gasteiger partial charge in [0.1, 0.15) is 16.9 Å². The van der Waals surface area contributed by atoms with Crippen LogP contribution in [-0.4, -0.2) is 19.6 Å². The van der Waals surface area contributed by atoms with Gasteiger partial charge in [-0.25, -0.2) is 9.97 Å².